The Hall–Kier alpha value is -1.11. The average molecular weight is 271 g/mol. The van der Waals surface area contributed by atoms with Crippen molar-refractivity contribution >= 4 is 10.0 Å². The fourth-order valence-corrected chi connectivity index (χ4v) is 3.67. The third kappa shape index (κ3) is 2.36. The van der Waals surface area contributed by atoms with Crippen molar-refractivity contribution in [2.24, 2.45) is 0 Å². The predicted molar refractivity (Wildman–Crippen MR) is 67.1 cm³/mol. The summed E-state index contributed by atoms with van der Waals surface area (Å²) >= 11 is 0. The summed E-state index contributed by atoms with van der Waals surface area (Å²) in [5.41, 5.74) is 0.776. The summed E-state index contributed by atoms with van der Waals surface area (Å²) in [5, 5.41) is 9.42. The van der Waals surface area contributed by atoms with Gasteiger partial charge in [0.1, 0.15) is 5.75 Å². The number of ether oxygens (including phenoxy) is 1. The van der Waals surface area contributed by atoms with Gasteiger partial charge in [0.15, 0.2) is 0 Å². The van der Waals surface area contributed by atoms with Gasteiger partial charge in [-0.25, -0.2) is 8.42 Å². The maximum Gasteiger partial charge on any atom is 0.243 e. The second-order valence-electron chi connectivity index (χ2n) is 4.44. The number of hydrogen-bond acceptors (Lipinski definition) is 4. The van der Waals surface area contributed by atoms with Crippen molar-refractivity contribution in [1.82, 2.24) is 4.31 Å². The van der Waals surface area contributed by atoms with Crippen molar-refractivity contribution in [1.29, 1.82) is 0 Å². The van der Waals surface area contributed by atoms with Crippen LogP contribution in [0.3, 0.4) is 0 Å². The Morgan fingerprint density at radius 1 is 1.44 bits per heavy atom. The Bertz CT molecular complexity index is 541. The smallest absolute Gasteiger partial charge is 0.243 e. The summed E-state index contributed by atoms with van der Waals surface area (Å²) < 4.78 is 31.0. The second-order valence-corrected chi connectivity index (χ2v) is 6.37. The van der Waals surface area contributed by atoms with Crippen molar-refractivity contribution in [2.75, 3.05) is 20.2 Å². The molecular weight excluding hydrogens is 254 g/mol. The normalized spacial score (nSPS) is 21.2. The standard InChI is InChI=1S/C12H17NO4S/c1-9-7-11(3-4-12(9)17-2)18(15,16)13-6-5-10(14)8-13/h3-4,7,10,14H,5-6,8H2,1-2H3/t10-/m0/s1. The van der Waals surface area contributed by atoms with Crippen LogP contribution in [0, 0.1) is 6.92 Å². The molecule has 1 aliphatic rings. The number of aliphatic hydroxyl groups is 1. The number of aliphatic hydroxyl groups excluding tert-OH is 1. The van der Waals surface area contributed by atoms with Crippen LogP contribution in [-0.2, 0) is 10.0 Å². The van der Waals surface area contributed by atoms with Gasteiger partial charge in [-0.15, -0.1) is 0 Å². The number of aryl methyl sites for hydroxylation is 1. The lowest BCUT2D eigenvalue weighted by molar-refractivity contribution is 0.189. The number of benzene rings is 1. The van der Waals surface area contributed by atoms with Crippen LogP contribution in [0.2, 0.25) is 0 Å². The van der Waals surface area contributed by atoms with Crippen LogP contribution < -0.4 is 4.74 Å². The molecule has 0 saturated carbocycles. The molecule has 1 aromatic carbocycles. The number of rotatable bonds is 3. The van der Waals surface area contributed by atoms with Gasteiger partial charge in [-0.2, -0.15) is 4.31 Å². The molecule has 0 spiro atoms. The van der Waals surface area contributed by atoms with E-state index in [1.165, 1.54) is 10.4 Å². The highest BCUT2D eigenvalue weighted by Gasteiger charge is 2.31. The van der Waals surface area contributed by atoms with E-state index in [-0.39, 0.29) is 11.4 Å². The number of nitrogens with zero attached hydrogens (tertiary/aromatic N) is 1. The van der Waals surface area contributed by atoms with E-state index in [0.717, 1.165) is 5.56 Å². The minimum absolute atomic E-state index is 0.174. The van der Waals surface area contributed by atoms with Crippen LogP contribution in [0.1, 0.15) is 12.0 Å². The van der Waals surface area contributed by atoms with Gasteiger partial charge < -0.3 is 9.84 Å². The molecule has 2 rings (SSSR count). The summed E-state index contributed by atoms with van der Waals surface area (Å²) in [6.07, 6.45) is -0.0620. The van der Waals surface area contributed by atoms with E-state index in [4.69, 9.17) is 4.74 Å². The van der Waals surface area contributed by atoms with E-state index in [1.54, 1.807) is 26.2 Å². The molecule has 0 unspecified atom stereocenters. The Labute approximate surface area is 107 Å². The third-order valence-electron chi connectivity index (χ3n) is 3.13. The summed E-state index contributed by atoms with van der Waals surface area (Å²) in [6.45, 7) is 2.35. The van der Waals surface area contributed by atoms with E-state index in [2.05, 4.69) is 0 Å². The molecule has 0 aromatic heterocycles. The molecule has 0 amide bonds. The zero-order chi connectivity index (χ0) is 13.3. The molecule has 1 N–H and O–H groups in total. The minimum atomic E-state index is -3.50. The van der Waals surface area contributed by atoms with E-state index in [0.29, 0.717) is 18.7 Å². The number of hydrogen-bond donors (Lipinski definition) is 1. The Morgan fingerprint density at radius 3 is 2.67 bits per heavy atom. The molecule has 0 radical (unpaired) electrons. The molecule has 100 valence electrons. The summed E-state index contributed by atoms with van der Waals surface area (Å²) in [6, 6.07) is 4.78. The van der Waals surface area contributed by atoms with Gasteiger partial charge in [0.05, 0.1) is 18.1 Å². The topological polar surface area (TPSA) is 66.8 Å². The third-order valence-corrected chi connectivity index (χ3v) is 4.99. The quantitative estimate of drug-likeness (QED) is 0.881. The maximum atomic E-state index is 12.3. The second kappa shape index (κ2) is 4.87. The number of β-amino-alcohol motifs (C(OH)–C–C–N with tert-alkyl or cyclic N) is 1. The number of sulfonamides is 1. The lowest BCUT2D eigenvalue weighted by Crippen LogP contribution is -2.29. The zero-order valence-electron chi connectivity index (χ0n) is 10.5. The van der Waals surface area contributed by atoms with Gasteiger partial charge in [0, 0.05) is 13.1 Å². The molecule has 5 nitrogen and oxygen atoms in total. The van der Waals surface area contributed by atoms with Crippen molar-refractivity contribution < 1.29 is 18.3 Å². The summed E-state index contributed by atoms with van der Waals surface area (Å²) in [7, 11) is -1.95. The van der Waals surface area contributed by atoms with E-state index in [1.807, 2.05) is 0 Å². The molecule has 1 atom stereocenters. The van der Waals surface area contributed by atoms with Gasteiger partial charge in [-0.3, -0.25) is 0 Å². The van der Waals surface area contributed by atoms with Gasteiger partial charge >= 0.3 is 0 Å². The van der Waals surface area contributed by atoms with Gasteiger partial charge in [-0.1, -0.05) is 0 Å². The highest BCUT2D eigenvalue weighted by Crippen LogP contribution is 2.25. The molecule has 6 heteroatoms. The zero-order valence-corrected chi connectivity index (χ0v) is 11.3. The molecular formula is C12H17NO4S. The van der Waals surface area contributed by atoms with Crippen LogP contribution in [0.15, 0.2) is 23.1 Å². The van der Waals surface area contributed by atoms with Crippen molar-refractivity contribution in [3.63, 3.8) is 0 Å². The molecule has 1 fully saturated rings. The van der Waals surface area contributed by atoms with Crippen LogP contribution in [0.25, 0.3) is 0 Å². The van der Waals surface area contributed by atoms with Crippen molar-refractivity contribution in [2.45, 2.75) is 24.3 Å². The Kier molecular flexibility index (Phi) is 3.61. The first-order valence-corrected chi connectivity index (χ1v) is 7.22. The van der Waals surface area contributed by atoms with Crippen LogP contribution >= 0.6 is 0 Å². The van der Waals surface area contributed by atoms with Crippen LogP contribution in [0.4, 0.5) is 0 Å². The monoisotopic (exact) mass is 271 g/mol. The molecule has 18 heavy (non-hydrogen) atoms. The van der Waals surface area contributed by atoms with E-state index >= 15 is 0 Å². The maximum absolute atomic E-state index is 12.3. The first-order chi connectivity index (χ1) is 8.45. The first-order valence-electron chi connectivity index (χ1n) is 5.78. The highest BCUT2D eigenvalue weighted by atomic mass is 32.2. The Morgan fingerprint density at radius 2 is 2.17 bits per heavy atom. The predicted octanol–water partition coefficient (Wildman–Crippen LogP) is 0.759. The summed E-state index contributed by atoms with van der Waals surface area (Å²) in [5.74, 6) is 0.662. The molecule has 1 heterocycles. The molecule has 1 saturated heterocycles. The molecule has 1 aliphatic heterocycles. The fraction of sp³-hybridized carbons (Fsp3) is 0.500. The molecule has 1 aromatic rings. The van der Waals surface area contributed by atoms with E-state index < -0.39 is 16.1 Å². The molecule has 0 aliphatic carbocycles. The highest BCUT2D eigenvalue weighted by molar-refractivity contribution is 7.89. The first kappa shape index (κ1) is 13.3. The lowest BCUT2D eigenvalue weighted by Gasteiger charge is -2.16. The van der Waals surface area contributed by atoms with Crippen LogP contribution in [-0.4, -0.2) is 44.1 Å². The largest absolute Gasteiger partial charge is 0.496 e. The minimum Gasteiger partial charge on any atom is -0.496 e. The number of methoxy groups -OCH3 is 1. The average Bonchev–Trinajstić information content (AvgIpc) is 2.76. The Balaban J connectivity index is 2.33. The van der Waals surface area contributed by atoms with E-state index in [9.17, 15) is 13.5 Å². The van der Waals surface area contributed by atoms with Gasteiger partial charge in [0.25, 0.3) is 0 Å². The fourth-order valence-electron chi connectivity index (χ4n) is 2.09. The molecule has 0 bridgehead atoms. The summed E-state index contributed by atoms with van der Waals surface area (Å²) in [4.78, 5) is 0.245. The lowest BCUT2D eigenvalue weighted by atomic mass is 10.2. The van der Waals surface area contributed by atoms with Crippen molar-refractivity contribution in [3.05, 3.63) is 23.8 Å². The van der Waals surface area contributed by atoms with Crippen molar-refractivity contribution in [3.8, 4) is 5.75 Å². The SMILES string of the molecule is COc1ccc(S(=O)(=O)N2CC[C@H](O)C2)cc1C. The van der Waals surface area contributed by atoms with Gasteiger partial charge in [-0.05, 0) is 37.1 Å². The van der Waals surface area contributed by atoms with Gasteiger partial charge in [0.2, 0.25) is 10.0 Å². The van der Waals surface area contributed by atoms with Crippen LogP contribution in [0.5, 0.6) is 5.75 Å².